The van der Waals surface area contributed by atoms with Crippen LogP contribution in [0.2, 0.25) is 0 Å². The van der Waals surface area contributed by atoms with Gasteiger partial charge in [-0.3, -0.25) is 4.79 Å². The number of hydrogen-bond acceptors (Lipinski definition) is 4. The Bertz CT molecular complexity index is 588. The first-order valence-corrected chi connectivity index (χ1v) is 7.63. The standard InChI is InChI=1S/C14H20N4OS/c1-3-5-18-9-10(15)6-12(18)14(19)17-8-13-16-7-11(4-2)20-13/h6-7,9H,3-5,8,15H2,1-2H3,(H,17,19). The predicted octanol–water partition coefficient (Wildman–Crippen LogP) is 2.43. The highest BCUT2D eigenvalue weighted by Gasteiger charge is 2.12. The molecule has 6 heteroatoms. The molecule has 108 valence electrons. The molecule has 0 saturated heterocycles. The van der Waals surface area contributed by atoms with Crippen LogP contribution in [0.1, 0.15) is 40.6 Å². The first kappa shape index (κ1) is 14.6. The third kappa shape index (κ3) is 3.39. The average molecular weight is 292 g/mol. The molecule has 0 aliphatic carbocycles. The van der Waals surface area contributed by atoms with E-state index in [0.717, 1.165) is 24.4 Å². The Morgan fingerprint density at radius 3 is 2.95 bits per heavy atom. The van der Waals surface area contributed by atoms with Crippen molar-refractivity contribution >= 4 is 22.9 Å². The van der Waals surface area contributed by atoms with Gasteiger partial charge < -0.3 is 15.6 Å². The summed E-state index contributed by atoms with van der Waals surface area (Å²) in [7, 11) is 0. The van der Waals surface area contributed by atoms with Crippen molar-refractivity contribution in [2.45, 2.75) is 39.8 Å². The van der Waals surface area contributed by atoms with E-state index in [1.165, 1.54) is 4.88 Å². The van der Waals surface area contributed by atoms with E-state index < -0.39 is 0 Å². The minimum Gasteiger partial charge on any atom is -0.397 e. The quantitative estimate of drug-likeness (QED) is 0.859. The maximum Gasteiger partial charge on any atom is 0.268 e. The third-order valence-corrected chi connectivity index (χ3v) is 4.11. The third-order valence-electron chi connectivity index (χ3n) is 2.96. The molecule has 2 rings (SSSR count). The highest BCUT2D eigenvalue weighted by atomic mass is 32.1. The number of nitrogens with two attached hydrogens (primary N) is 1. The number of nitrogen functional groups attached to an aromatic ring is 1. The molecular formula is C14H20N4OS. The van der Waals surface area contributed by atoms with E-state index in [1.807, 2.05) is 10.8 Å². The zero-order valence-corrected chi connectivity index (χ0v) is 12.7. The lowest BCUT2D eigenvalue weighted by atomic mass is 10.3. The minimum atomic E-state index is -0.108. The van der Waals surface area contributed by atoms with Gasteiger partial charge in [0.15, 0.2) is 0 Å². The Balaban J connectivity index is 2.01. The van der Waals surface area contributed by atoms with Crippen LogP contribution in [0.5, 0.6) is 0 Å². The molecule has 0 atom stereocenters. The smallest absolute Gasteiger partial charge is 0.268 e. The predicted molar refractivity (Wildman–Crippen MR) is 81.8 cm³/mol. The molecule has 1 amide bonds. The molecular weight excluding hydrogens is 272 g/mol. The van der Waals surface area contributed by atoms with Gasteiger partial charge >= 0.3 is 0 Å². The van der Waals surface area contributed by atoms with Gasteiger partial charge in [-0.15, -0.1) is 11.3 Å². The van der Waals surface area contributed by atoms with Gasteiger partial charge in [-0.25, -0.2) is 4.98 Å². The van der Waals surface area contributed by atoms with Crippen molar-refractivity contribution in [1.29, 1.82) is 0 Å². The van der Waals surface area contributed by atoms with Crippen molar-refractivity contribution in [3.05, 3.63) is 34.0 Å². The van der Waals surface area contributed by atoms with Crippen molar-refractivity contribution in [3.63, 3.8) is 0 Å². The summed E-state index contributed by atoms with van der Waals surface area (Å²) in [6, 6.07) is 1.71. The fourth-order valence-electron chi connectivity index (χ4n) is 1.99. The first-order valence-electron chi connectivity index (χ1n) is 6.81. The number of nitrogens with zero attached hydrogens (tertiary/aromatic N) is 2. The van der Waals surface area contributed by atoms with Crippen molar-refractivity contribution < 1.29 is 4.79 Å². The van der Waals surface area contributed by atoms with E-state index in [2.05, 4.69) is 24.1 Å². The van der Waals surface area contributed by atoms with Gasteiger partial charge in [0.05, 0.1) is 12.2 Å². The van der Waals surface area contributed by atoms with Crippen LogP contribution in [0, 0.1) is 0 Å². The zero-order valence-electron chi connectivity index (χ0n) is 11.8. The summed E-state index contributed by atoms with van der Waals surface area (Å²) in [5.41, 5.74) is 6.99. The lowest BCUT2D eigenvalue weighted by Gasteiger charge is -2.07. The number of carbonyl (C=O) groups is 1. The molecule has 0 radical (unpaired) electrons. The summed E-state index contributed by atoms with van der Waals surface area (Å²) in [6.07, 6.45) is 5.60. The lowest BCUT2D eigenvalue weighted by molar-refractivity contribution is 0.0941. The molecule has 0 aromatic carbocycles. The van der Waals surface area contributed by atoms with E-state index >= 15 is 0 Å². The first-order chi connectivity index (χ1) is 9.63. The van der Waals surface area contributed by atoms with Crippen LogP contribution in [0.4, 0.5) is 5.69 Å². The topological polar surface area (TPSA) is 72.9 Å². The monoisotopic (exact) mass is 292 g/mol. The second-order valence-corrected chi connectivity index (χ2v) is 5.81. The molecule has 2 heterocycles. The van der Waals surface area contributed by atoms with Crippen LogP contribution in [0.25, 0.3) is 0 Å². The molecule has 3 N–H and O–H groups in total. The molecule has 0 fully saturated rings. The number of carbonyl (C=O) groups excluding carboxylic acids is 1. The average Bonchev–Trinajstić information content (AvgIpc) is 3.03. The molecule has 2 aromatic rings. The van der Waals surface area contributed by atoms with E-state index in [1.54, 1.807) is 23.6 Å². The van der Waals surface area contributed by atoms with Crippen molar-refractivity contribution in [2.75, 3.05) is 5.73 Å². The van der Waals surface area contributed by atoms with Gasteiger partial charge in [0, 0.05) is 23.8 Å². The van der Waals surface area contributed by atoms with Gasteiger partial charge in [-0.1, -0.05) is 13.8 Å². The lowest BCUT2D eigenvalue weighted by Crippen LogP contribution is -2.25. The Kier molecular flexibility index (Phi) is 4.79. The van der Waals surface area contributed by atoms with Gasteiger partial charge in [0.25, 0.3) is 5.91 Å². The highest BCUT2D eigenvalue weighted by Crippen LogP contribution is 2.14. The maximum atomic E-state index is 12.2. The molecule has 0 saturated carbocycles. The number of aryl methyl sites for hydroxylation is 2. The van der Waals surface area contributed by atoms with Crippen LogP contribution in [-0.2, 0) is 19.5 Å². The summed E-state index contributed by atoms with van der Waals surface area (Å²) >= 11 is 1.63. The van der Waals surface area contributed by atoms with Gasteiger partial charge in [0.1, 0.15) is 10.7 Å². The highest BCUT2D eigenvalue weighted by molar-refractivity contribution is 7.11. The molecule has 0 spiro atoms. The Morgan fingerprint density at radius 1 is 1.50 bits per heavy atom. The van der Waals surface area contributed by atoms with Gasteiger partial charge in [-0.2, -0.15) is 0 Å². The summed E-state index contributed by atoms with van der Waals surface area (Å²) in [5.74, 6) is -0.108. The fourth-order valence-corrected chi connectivity index (χ4v) is 2.79. The number of anilines is 1. The maximum absolute atomic E-state index is 12.2. The van der Waals surface area contributed by atoms with E-state index in [9.17, 15) is 4.79 Å². The minimum absolute atomic E-state index is 0.108. The summed E-state index contributed by atoms with van der Waals surface area (Å²) in [5, 5.41) is 3.82. The van der Waals surface area contributed by atoms with E-state index in [4.69, 9.17) is 5.73 Å². The second-order valence-electron chi connectivity index (χ2n) is 4.61. The zero-order chi connectivity index (χ0) is 14.5. The molecule has 0 bridgehead atoms. The Labute approximate surface area is 122 Å². The van der Waals surface area contributed by atoms with Gasteiger partial charge in [0.2, 0.25) is 0 Å². The number of aromatic nitrogens is 2. The molecule has 5 nitrogen and oxygen atoms in total. The second kappa shape index (κ2) is 6.56. The number of nitrogens with one attached hydrogen (secondary N) is 1. The number of rotatable bonds is 6. The Hall–Kier alpha value is -1.82. The van der Waals surface area contributed by atoms with Crippen LogP contribution >= 0.6 is 11.3 Å². The summed E-state index contributed by atoms with van der Waals surface area (Å²) in [4.78, 5) is 17.7. The van der Waals surface area contributed by atoms with Crippen LogP contribution in [0.3, 0.4) is 0 Å². The van der Waals surface area contributed by atoms with Crippen molar-refractivity contribution in [3.8, 4) is 0 Å². The molecule has 2 aromatic heterocycles. The number of hydrogen-bond donors (Lipinski definition) is 2. The summed E-state index contributed by atoms with van der Waals surface area (Å²) < 4.78 is 1.89. The Morgan fingerprint density at radius 2 is 2.30 bits per heavy atom. The van der Waals surface area contributed by atoms with Crippen molar-refractivity contribution in [1.82, 2.24) is 14.9 Å². The fraction of sp³-hybridized carbons (Fsp3) is 0.429. The van der Waals surface area contributed by atoms with E-state index in [-0.39, 0.29) is 5.91 Å². The van der Waals surface area contributed by atoms with Crippen molar-refractivity contribution in [2.24, 2.45) is 0 Å². The molecule has 0 aliphatic heterocycles. The number of amides is 1. The normalized spacial score (nSPS) is 10.7. The molecule has 20 heavy (non-hydrogen) atoms. The largest absolute Gasteiger partial charge is 0.397 e. The van der Waals surface area contributed by atoms with Crippen LogP contribution in [0.15, 0.2) is 18.5 Å². The SMILES string of the molecule is CCCn1cc(N)cc1C(=O)NCc1ncc(CC)s1. The van der Waals surface area contributed by atoms with E-state index in [0.29, 0.717) is 17.9 Å². The number of thiazole rings is 1. The molecule has 0 unspecified atom stereocenters. The van der Waals surface area contributed by atoms with Crippen LogP contribution in [-0.4, -0.2) is 15.5 Å². The van der Waals surface area contributed by atoms with Gasteiger partial charge in [-0.05, 0) is 18.9 Å². The van der Waals surface area contributed by atoms with Crippen LogP contribution < -0.4 is 11.1 Å². The molecule has 0 aliphatic rings. The summed E-state index contributed by atoms with van der Waals surface area (Å²) in [6.45, 7) is 5.41.